The normalized spacial score (nSPS) is 15.0. The number of benzene rings is 1. The molecule has 0 spiro atoms. The van der Waals surface area contributed by atoms with E-state index in [-0.39, 0.29) is 32.7 Å². The summed E-state index contributed by atoms with van der Waals surface area (Å²) in [6.07, 6.45) is 5.25. The second-order valence-corrected chi connectivity index (χ2v) is 5.58. The van der Waals surface area contributed by atoms with Crippen LogP contribution in [0.2, 0.25) is 0 Å². The van der Waals surface area contributed by atoms with Crippen LogP contribution in [0.25, 0.3) is 5.70 Å². The third-order valence-electron chi connectivity index (χ3n) is 2.47. The van der Waals surface area contributed by atoms with E-state index in [1.165, 1.54) is 0 Å². The van der Waals surface area contributed by atoms with Crippen molar-refractivity contribution in [3.63, 3.8) is 0 Å². The zero-order valence-corrected chi connectivity index (χ0v) is 16.0. The van der Waals surface area contributed by atoms with E-state index in [4.69, 9.17) is 0 Å². The average molecular weight is 476 g/mol. The van der Waals surface area contributed by atoms with Crippen LogP contribution in [0, 0.1) is 6.08 Å². The first kappa shape index (κ1) is 15.6. The smallest absolute Gasteiger partial charge is 0.0154 e. The molecule has 1 aliphatic heterocycles. The third kappa shape index (κ3) is 3.52. The van der Waals surface area contributed by atoms with E-state index in [1.807, 2.05) is 25.3 Å². The van der Waals surface area contributed by atoms with Crippen LogP contribution in [-0.4, -0.2) is 11.9 Å². The van der Waals surface area contributed by atoms with Crippen molar-refractivity contribution in [2.24, 2.45) is 0 Å². The van der Waals surface area contributed by atoms with Crippen LogP contribution in [-0.2, 0) is 32.7 Å². The van der Waals surface area contributed by atoms with Gasteiger partial charge in [0.15, 0.2) is 0 Å². The van der Waals surface area contributed by atoms with Crippen molar-refractivity contribution in [3.05, 3.63) is 62.3 Å². The third-order valence-corrected chi connectivity index (χ3v) is 3.93. The molecule has 4 heteroatoms. The van der Waals surface area contributed by atoms with Crippen molar-refractivity contribution in [2.45, 2.75) is 0 Å². The second-order valence-electron chi connectivity index (χ2n) is 3.50. The van der Waals surface area contributed by atoms with E-state index >= 15 is 0 Å². The van der Waals surface area contributed by atoms with Crippen LogP contribution >= 0.6 is 38.5 Å². The Labute approximate surface area is 149 Å². The zero-order chi connectivity index (χ0) is 11.7. The van der Waals surface area contributed by atoms with Crippen LogP contribution in [0.5, 0.6) is 0 Å². The molecule has 1 aromatic rings. The molecule has 0 aromatic heterocycles. The molecule has 0 fully saturated rings. The zero-order valence-electron chi connectivity index (χ0n) is 9.37. The van der Waals surface area contributed by atoms with Crippen LogP contribution in [0.3, 0.4) is 0 Å². The van der Waals surface area contributed by atoms with Gasteiger partial charge in [0.2, 0.25) is 0 Å². The summed E-state index contributed by atoms with van der Waals surface area (Å²) in [6, 6.07) is 8.21. The van der Waals surface area contributed by atoms with Gasteiger partial charge in [-0.3, -0.25) is 0 Å². The van der Waals surface area contributed by atoms with Crippen LogP contribution < -0.4 is 0 Å². The number of nitrogens with zero attached hydrogens (tertiary/aromatic N) is 1. The van der Waals surface area contributed by atoms with E-state index < -0.39 is 0 Å². The van der Waals surface area contributed by atoms with Crippen molar-refractivity contribution in [3.8, 4) is 0 Å². The minimum atomic E-state index is 0. The molecule has 0 bridgehead atoms. The molecule has 1 nitrogen and oxygen atoms in total. The number of likely N-dealkylation sites (N-methyl/N-ethyl adjacent to an activating group) is 1. The van der Waals surface area contributed by atoms with Gasteiger partial charge in [0.25, 0.3) is 0 Å². The van der Waals surface area contributed by atoms with Crippen molar-refractivity contribution in [1.29, 1.82) is 0 Å². The Bertz CT molecular complexity index is 491. The molecule has 1 aliphatic rings. The van der Waals surface area contributed by atoms with Gasteiger partial charge in [0, 0.05) is 44.2 Å². The van der Waals surface area contributed by atoms with Gasteiger partial charge >= 0.3 is 0 Å². The Hall–Kier alpha value is 0.554. The molecule has 0 saturated carbocycles. The molecule has 0 saturated heterocycles. The maximum Gasteiger partial charge on any atom is 0.0154 e. The molecule has 17 heavy (non-hydrogen) atoms. The molecule has 0 amide bonds. The van der Waals surface area contributed by atoms with Gasteiger partial charge in [0.05, 0.1) is 0 Å². The number of halogens is 2. The van der Waals surface area contributed by atoms with E-state index in [0.29, 0.717) is 0 Å². The quantitative estimate of drug-likeness (QED) is 0.431. The Morgan fingerprint density at radius 1 is 1.29 bits per heavy atom. The summed E-state index contributed by atoms with van der Waals surface area (Å²) in [4.78, 5) is 2.06. The Morgan fingerprint density at radius 2 is 1.88 bits per heavy atom. The van der Waals surface area contributed by atoms with E-state index in [9.17, 15) is 0 Å². The molecule has 0 unspecified atom stereocenters. The van der Waals surface area contributed by atoms with Crippen molar-refractivity contribution < 1.29 is 32.7 Å². The first-order chi connectivity index (χ1) is 7.59. The summed E-state index contributed by atoms with van der Waals surface area (Å²) in [5.74, 6) is 0. The van der Waals surface area contributed by atoms with E-state index in [2.05, 4.69) is 68.2 Å². The molecule has 1 radical (unpaired) electrons. The fourth-order valence-electron chi connectivity index (χ4n) is 1.49. The van der Waals surface area contributed by atoms with Crippen LogP contribution in [0.1, 0.15) is 5.56 Å². The fourth-order valence-corrected chi connectivity index (χ4v) is 2.27. The Balaban J connectivity index is 0.00000144. The molecule has 0 atom stereocenters. The molecule has 0 N–H and O–H groups in total. The summed E-state index contributed by atoms with van der Waals surface area (Å²) in [5.41, 5.74) is 3.21. The van der Waals surface area contributed by atoms with Gasteiger partial charge in [-0.1, -0.05) is 49.5 Å². The van der Waals surface area contributed by atoms with Gasteiger partial charge < -0.3 is 4.90 Å². The van der Waals surface area contributed by atoms with Gasteiger partial charge in [0.1, 0.15) is 0 Å². The monoisotopic (exact) mass is 475 g/mol. The predicted octanol–water partition coefficient (Wildman–Crippen LogP) is 4.37. The standard InChI is InChI=1S/C13H10BrIN.Y/c1-9-12(15)7-8-13(16(9)2)10-3-5-11(14)6-4-10;/h3-7H,1H2,2H3;/q-1;. The van der Waals surface area contributed by atoms with Crippen molar-refractivity contribution in [2.75, 3.05) is 7.05 Å². The molecular formula is C13H10BrINY-. The molecule has 1 aromatic carbocycles. The van der Waals surface area contributed by atoms with Gasteiger partial charge in [-0.25, -0.2) is 0 Å². The molecule has 0 aliphatic carbocycles. The largest absolute Gasteiger partial charge is 0.378 e. The minimum Gasteiger partial charge on any atom is -0.378 e. The number of rotatable bonds is 1. The summed E-state index contributed by atoms with van der Waals surface area (Å²) in [5, 5.41) is 0. The first-order valence-corrected chi connectivity index (χ1v) is 6.65. The Kier molecular flexibility index (Phi) is 6.10. The fraction of sp³-hybridized carbons (Fsp3) is 0.0769. The van der Waals surface area contributed by atoms with Crippen molar-refractivity contribution in [1.82, 2.24) is 4.90 Å². The SMILES string of the molecule is C=C1C(I)=C[C-]=C(c2ccc(Br)cc2)N1C.[Y]. The molecule has 2 rings (SSSR count). The van der Waals surface area contributed by atoms with E-state index in [1.54, 1.807) is 0 Å². The first-order valence-electron chi connectivity index (χ1n) is 4.77. The number of allylic oxidation sites excluding steroid dienone is 3. The number of hydrogen-bond donors (Lipinski definition) is 0. The maximum atomic E-state index is 4.05. The van der Waals surface area contributed by atoms with Gasteiger partial charge in [-0.2, -0.15) is 12.2 Å². The van der Waals surface area contributed by atoms with Gasteiger partial charge in [-0.15, -0.1) is 34.7 Å². The van der Waals surface area contributed by atoms with Crippen LogP contribution in [0.4, 0.5) is 0 Å². The minimum absolute atomic E-state index is 0. The van der Waals surface area contributed by atoms with E-state index in [0.717, 1.165) is 25.0 Å². The topological polar surface area (TPSA) is 3.24 Å². The summed E-state index contributed by atoms with van der Waals surface area (Å²) in [7, 11) is 2.01. The molecule has 85 valence electrons. The molecule has 1 heterocycles. The maximum absolute atomic E-state index is 4.05. The average Bonchev–Trinajstić information content (AvgIpc) is 2.28. The summed E-state index contributed by atoms with van der Waals surface area (Å²) in [6.45, 7) is 4.05. The molecular weight excluding hydrogens is 466 g/mol. The Morgan fingerprint density at radius 3 is 2.47 bits per heavy atom. The van der Waals surface area contributed by atoms with Crippen LogP contribution in [0.15, 0.2) is 50.7 Å². The summed E-state index contributed by atoms with van der Waals surface area (Å²) >= 11 is 5.70. The number of hydrogen-bond acceptors (Lipinski definition) is 1. The van der Waals surface area contributed by atoms with Crippen molar-refractivity contribution >= 4 is 44.2 Å². The predicted molar refractivity (Wildman–Crippen MR) is 79.8 cm³/mol. The summed E-state index contributed by atoms with van der Waals surface area (Å²) < 4.78 is 2.21. The van der Waals surface area contributed by atoms with Gasteiger partial charge in [-0.05, 0) is 5.70 Å². The second kappa shape index (κ2) is 6.64.